The van der Waals surface area contributed by atoms with Gasteiger partial charge in [-0.15, -0.1) is 0 Å². The zero-order valence-electron chi connectivity index (χ0n) is 30.1. The second kappa shape index (κ2) is 11.0. The summed E-state index contributed by atoms with van der Waals surface area (Å²) in [4.78, 5) is 11.2. The number of aromatic nitrogens is 4. The highest BCUT2D eigenvalue weighted by Crippen LogP contribution is 2.46. The van der Waals surface area contributed by atoms with Gasteiger partial charge in [0.1, 0.15) is 0 Å². The fourth-order valence-electron chi connectivity index (χ4n) is 9.73. The van der Waals surface area contributed by atoms with Gasteiger partial charge in [0.2, 0.25) is 5.95 Å². The van der Waals surface area contributed by atoms with Crippen molar-refractivity contribution in [3.05, 3.63) is 182 Å². The van der Waals surface area contributed by atoms with Gasteiger partial charge in [-0.1, -0.05) is 146 Å². The van der Waals surface area contributed by atoms with E-state index in [1.807, 2.05) is 0 Å². The first-order valence-corrected chi connectivity index (χ1v) is 19.2. The normalized spacial score (nSPS) is 12.3. The van der Waals surface area contributed by atoms with E-state index in [4.69, 9.17) is 9.97 Å². The van der Waals surface area contributed by atoms with Gasteiger partial charge in [-0.3, -0.25) is 4.57 Å². The van der Waals surface area contributed by atoms with Gasteiger partial charge in [0.15, 0.2) is 0 Å². The summed E-state index contributed by atoms with van der Waals surface area (Å²) in [7, 11) is 0. The van der Waals surface area contributed by atoms with Crippen LogP contribution < -0.4 is 0 Å². The van der Waals surface area contributed by atoms with Crippen LogP contribution in [0.1, 0.15) is 0 Å². The van der Waals surface area contributed by atoms with Crippen LogP contribution in [0.3, 0.4) is 0 Å². The molecular formula is C52H30N4. The van der Waals surface area contributed by atoms with Gasteiger partial charge in [0, 0.05) is 43.3 Å². The lowest BCUT2D eigenvalue weighted by atomic mass is 9.95. The van der Waals surface area contributed by atoms with Crippen LogP contribution in [0.4, 0.5) is 0 Å². The predicted molar refractivity (Wildman–Crippen MR) is 234 cm³/mol. The number of hydrogen-bond donors (Lipinski definition) is 0. The highest BCUT2D eigenvalue weighted by Gasteiger charge is 2.25. The second-order valence-electron chi connectivity index (χ2n) is 14.9. The van der Waals surface area contributed by atoms with Crippen LogP contribution >= 0.6 is 0 Å². The quantitative estimate of drug-likeness (QED) is 0.171. The Morgan fingerprint density at radius 2 is 1.00 bits per heavy atom. The molecule has 13 aromatic rings. The Bertz CT molecular complexity index is 3760. The first-order chi connectivity index (χ1) is 27.8. The first kappa shape index (κ1) is 29.8. The standard InChI is InChI=1S/C52H30N4/c1-2-14-31(15-3-1)34-18-8-9-21-38(34)50-40-29-28-32-16-4-7-20-36(32)49(40)53-52(54-50)56-43-25-12-23-37-41-30-33-17-5-6-19-35(33)46-39-22-10-11-24-42(39)55(51(41)46)44-26-13-27-45(56)48(44)47(37)43/h1-30H. The maximum absolute atomic E-state index is 5.62. The van der Waals surface area contributed by atoms with E-state index in [0.29, 0.717) is 5.95 Å². The molecule has 0 radical (unpaired) electrons. The Morgan fingerprint density at radius 1 is 0.357 bits per heavy atom. The molecule has 4 aromatic heterocycles. The van der Waals surface area contributed by atoms with Gasteiger partial charge in [-0.05, 0) is 69.1 Å². The Balaban J connectivity index is 1.23. The van der Waals surface area contributed by atoms with E-state index < -0.39 is 0 Å². The number of benzene rings is 9. The summed E-state index contributed by atoms with van der Waals surface area (Å²) in [6, 6.07) is 65.8. The third kappa shape index (κ3) is 3.87. The molecule has 4 heterocycles. The van der Waals surface area contributed by atoms with Crippen molar-refractivity contribution in [1.29, 1.82) is 0 Å². The molecular weight excluding hydrogens is 681 g/mol. The third-order valence-electron chi connectivity index (χ3n) is 12.0. The number of nitrogens with zero attached hydrogens (tertiary/aromatic N) is 4. The fraction of sp³-hybridized carbons (Fsp3) is 0. The van der Waals surface area contributed by atoms with Gasteiger partial charge in [-0.2, -0.15) is 0 Å². The van der Waals surface area contributed by atoms with Crippen LogP contribution in [0.2, 0.25) is 0 Å². The lowest BCUT2D eigenvalue weighted by Gasteiger charge is -2.16. The lowest BCUT2D eigenvalue weighted by Crippen LogP contribution is -2.04. The largest absolute Gasteiger partial charge is 0.308 e. The Morgan fingerprint density at radius 3 is 1.88 bits per heavy atom. The van der Waals surface area contributed by atoms with Crippen molar-refractivity contribution < 1.29 is 0 Å². The van der Waals surface area contributed by atoms with Crippen LogP contribution in [0.15, 0.2) is 182 Å². The summed E-state index contributed by atoms with van der Waals surface area (Å²) in [6.45, 7) is 0. The number of fused-ring (bicyclic) bond motifs is 10. The molecule has 4 nitrogen and oxygen atoms in total. The Kier molecular flexibility index (Phi) is 5.86. The molecule has 0 saturated carbocycles. The Labute approximate surface area is 320 Å². The van der Waals surface area contributed by atoms with E-state index >= 15 is 0 Å². The maximum Gasteiger partial charge on any atom is 0.235 e. The molecule has 56 heavy (non-hydrogen) atoms. The molecule has 0 atom stereocenters. The maximum atomic E-state index is 5.62. The van der Waals surface area contributed by atoms with Gasteiger partial charge in [0.25, 0.3) is 0 Å². The van der Waals surface area contributed by atoms with Crippen LogP contribution in [0.25, 0.3) is 121 Å². The van der Waals surface area contributed by atoms with Crippen molar-refractivity contribution in [2.24, 2.45) is 0 Å². The molecule has 258 valence electrons. The van der Waals surface area contributed by atoms with Gasteiger partial charge < -0.3 is 4.40 Å². The average molecular weight is 711 g/mol. The summed E-state index contributed by atoms with van der Waals surface area (Å²) in [5.74, 6) is 0.655. The summed E-state index contributed by atoms with van der Waals surface area (Å²) in [5.41, 5.74) is 11.0. The molecule has 13 rings (SSSR count). The number of rotatable bonds is 3. The lowest BCUT2D eigenvalue weighted by molar-refractivity contribution is 1.02. The van der Waals surface area contributed by atoms with Crippen molar-refractivity contribution in [3.63, 3.8) is 0 Å². The molecule has 0 spiro atoms. The summed E-state index contributed by atoms with van der Waals surface area (Å²) >= 11 is 0. The third-order valence-corrected chi connectivity index (χ3v) is 12.0. The number of hydrogen-bond acceptors (Lipinski definition) is 2. The summed E-state index contributed by atoms with van der Waals surface area (Å²) < 4.78 is 4.82. The molecule has 0 bridgehead atoms. The van der Waals surface area contributed by atoms with Crippen LogP contribution in [-0.4, -0.2) is 18.9 Å². The van der Waals surface area contributed by atoms with E-state index in [1.165, 1.54) is 59.6 Å². The topological polar surface area (TPSA) is 35.1 Å². The highest BCUT2D eigenvalue weighted by atomic mass is 15.2. The van der Waals surface area contributed by atoms with E-state index in [2.05, 4.69) is 191 Å². The first-order valence-electron chi connectivity index (χ1n) is 19.2. The second-order valence-corrected chi connectivity index (χ2v) is 14.9. The smallest absolute Gasteiger partial charge is 0.235 e. The molecule has 0 amide bonds. The van der Waals surface area contributed by atoms with E-state index in [1.54, 1.807) is 0 Å². The summed E-state index contributed by atoms with van der Waals surface area (Å²) in [6.07, 6.45) is 0. The molecule has 0 aliphatic rings. The molecule has 0 N–H and O–H groups in total. The molecule has 4 heteroatoms. The highest BCUT2D eigenvalue weighted by molar-refractivity contribution is 6.35. The number of para-hydroxylation sites is 1. The molecule has 0 aliphatic carbocycles. The molecule has 0 aliphatic heterocycles. The van der Waals surface area contributed by atoms with Gasteiger partial charge in [-0.25, -0.2) is 9.97 Å². The van der Waals surface area contributed by atoms with Crippen molar-refractivity contribution in [2.75, 3.05) is 0 Å². The average Bonchev–Trinajstić information content (AvgIpc) is 3.76. The van der Waals surface area contributed by atoms with E-state index in [0.717, 1.165) is 55.1 Å². The van der Waals surface area contributed by atoms with Crippen LogP contribution in [0, 0.1) is 0 Å². The van der Waals surface area contributed by atoms with Gasteiger partial charge in [0.05, 0.1) is 38.8 Å². The fourth-order valence-corrected chi connectivity index (χ4v) is 9.73. The Hall–Kier alpha value is -7.56. The van der Waals surface area contributed by atoms with E-state index in [9.17, 15) is 0 Å². The zero-order chi connectivity index (χ0) is 36.5. The minimum absolute atomic E-state index is 0.655. The minimum atomic E-state index is 0.655. The van der Waals surface area contributed by atoms with Crippen molar-refractivity contribution in [3.8, 4) is 28.3 Å². The molecule has 0 unspecified atom stereocenters. The molecule has 0 saturated heterocycles. The van der Waals surface area contributed by atoms with Gasteiger partial charge >= 0.3 is 0 Å². The predicted octanol–water partition coefficient (Wildman–Crippen LogP) is 13.5. The minimum Gasteiger partial charge on any atom is -0.308 e. The molecule has 9 aromatic carbocycles. The summed E-state index contributed by atoms with van der Waals surface area (Å²) in [5, 5.41) is 13.2. The SMILES string of the molecule is c1ccc(-c2ccccc2-c2nc(-n3c4cccc5c6cc7ccccc7c7c8ccccc8n(c8cccc3c8c54)c67)nc3c2ccc2ccccc23)cc1. The van der Waals surface area contributed by atoms with Crippen LogP contribution in [-0.2, 0) is 0 Å². The van der Waals surface area contributed by atoms with Crippen LogP contribution in [0.5, 0.6) is 0 Å². The van der Waals surface area contributed by atoms with Crippen molar-refractivity contribution >= 4 is 92.3 Å². The monoisotopic (exact) mass is 710 g/mol. The zero-order valence-corrected chi connectivity index (χ0v) is 30.1. The van der Waals surface area contributed by atoms with E-state index in [-0.39, 0.29) is 0 Å². The van der Waals surface area contributed by atoms with Crippen molar-refractivity contribution in [1.82, 2.24) is 18.9 Å². The van der Waals surface area contributed by atoms with Crippen molar-refractivity contribution in [2.45, 2.75) is 0 Å². The molecule has 0 fully saturated rings.